The summed E-state index contributed by atoms with van der Waals surface area (Å²) in [6.45, 7) is 11.8. The van der Waals surface area contributed by atoms with E-state index in [2.05, 4.69) is 23.6 Å². The smallest absolute Gasteiger partial charge is 0.167 e. The van der Waals surface area contributed by atoms with Gasteiger partial charge >= 0.3 is 0 Å². The summed E-state index contributed by atoms with van der Waals surface area (Å²) in [6, 6.07) is 15.7. The Labute approximate surface area is 329 Å². The van der Waals surface area contributed by atoms with E-state index in [0.717, 1.165) is 114 Å². The van der Waals surface area contributed by atoms with Gasteiger partial charge in [-0.1, -0.05) is 78.1 Å². The zero-order chi connectivity index (χ0) is 35.2. The highest BCUT2D eigenvalue weighted by atomic mass is 35.5. The normalized spacial score (nSPS) is 16.7. The Hall–Kier alpha value is -2.12. The van der Waals surface area contributed by atoms with Gasteiger partial charge in [-0.15, -0.1) is 24.8 Å². The lowest BCUT2D eigenvalue weighted by Crippen LogP contribution is -2.35. The highest BCUT2D eigenvalue weighted by Crippen LogP contribution is 2.25. The average molecular weight is 762 g/mol. The second kappa shape index (κ2) is 27.5. The van der Waals surface area contributed by atoms with Gasteiger partial charge in [0.05, 0.1) is 13.2 Å². The van der Waals surface area contributed by atoms with Crippen molar-refractivity contribution in [2.75, 3.05) is 52.5 Å². The van der Waals surface area contributed by atoms with Gasteiger partial charge in [0.1, 0.15) is 11.5 Å². The Morgan fingerprint density at radius 1 is 0.519 bits per heavy atom. The molecule has 2 heterocycles. The van der Waals surface area contributed by atoms with E-state index in [4.69, 9.17) is 9.47 Å². The van der Waals surface area contributed by atoms with Gasteiger partial charge in [-0.05, 0) is 126 Å². The highest BCUT2D eigenvalue weighted by Gasteiger charge is 2.26. The molecule has 2 unspecified atom stereocenters. The molecule has 6 nitrogen and oxygen atoms in total. The Morgan fingerprint density at radius 3 is 1.19 bits per heavy atom. The number of carbonyl (C=O) groups is 2. The van der Waals surface area contributed by atoms with Crippen LogP contribution in [-0.2, 0) is 0 Å². The molecule has 52 heavy (non-hydrogen) atoms. The van der Waals surface area contributed by atoms with E-state index < -0.39 is 0 Å². The van der Waals surface area contributed by atoms with E-state index in [1.165, 1.54) is 77.0 Å². The van der Waals surface area contributed by atoms with Gasteiger partial charge in [0, 0.05) is 36.1 Å². The van der Waals surface area contributed by atoms with Crippen molar-refractivity contribution in [1.82, 2.24) is 9.80 Å². The molecule has 2 aliphatic rings. The maximum absolute atomic E-state index is 14.0. The molecule has 0 amide bonds. The molecule has 0 radical (unpaired) electrons. The van der Waals surface area contributed by atoms with Gasteiger partial charge in [-0.2, -0.15) is 0 Å². The summed E-state index contributed by atoms with van der Waals surface area (Å²) in [4.78, 5) is 33.1. The lowest BCUT2D eigenvalue weighted by Gasteiger charge is -2.27. The van der Waals surface area contributed by atoms with Crippen LogP contribution in [0.15, 0.2) is 48.5 Å². The van der Waals surface area contributed by atoms with Gasteiger partial charge in [0.2, 0.25) is 0 Å². The van der Waals surface area contributed by atoms with Crippen molar-refractivity contribution in [3.05, 3.63) is 59.7 Å². The number of carbonyl (C=O) groups excluding carboxylic acids is 2. The molecule has 2 aromatic carbocycles. The van der Waals surface area contributed by atoms with Crippen LogP contribution in [0.3, 0.4) is 0 Å². The minimum Gasteiger partial charge on any atom is -0.494 e. The molecule has 2 aliphatic heterocycles. The predicted molar refractivity (Wildman–Crippen MR) is 221 cm³/mol. The first-order valence-electron chi connectivity index (χ1n) is 20.6. The third-order valence-electron chi connectivity index (χ3n) is 10.8. The zero-order valence-corrected chi connectivity index (χ0v) is 34.1. The van der Waals surface area contributed by atoms with E-state index in [-0.39, 0.29) is 48.2 Å². The standard InChI is InChI=1S/C44H68N2O4.2ClH/c1-3-5-17-33-49-41-25-21-37(22-26-41)43(47)39(35-45-29-13-7-8-14-30-45)19-11-12-20-40(36-46-31-15-9-10-16-32-46)44(48)38-23-27-42(28-24-38)50-34-18-6-4-2;;/h21-28,39-40H,3-20,29-36H2,1-2H3;2*1H. The number of likely N-dealkylation sites (tertiary alicyclic amines) is 2. The SMILES string of the molecule is CCCCCOc1ccc(C(=O)C(CCCCC(CN2CCCCCC2)C(=O)c2ccc(OCCCCC)cc2)CN2CCCCCC2)cc1.Cl.Cl. The van der Waals surface area contributed by atoms with E-state index in [1.807, 2.05) is 48.5 Å². The quantitative estimate of drug-likeness (QED) is 0.0830. The van der Waals surface area contributed by atoms with Crippen LogP contribution >= 0.6 is 24.8 Å². The average Bonchev–Trinajstić information content (AvgIpc) is 3.58. The molecule has 2 saturated heterocycles. The molecule has 0 saturated carbocycles. The number of unbranched alkanes of at least 4 members (excludes halogenated alkanes) is 5. The molecule has 2 atom stereocenters. The van der Waals surface area contributed by atoms with Crippen molar-refractivity contribution < 1.29 is 19.1 Å². The minimum absolute atomic E-state index is 0. The molecule has 2 fully saturated rings. The second-order valence-electron chi connectivity index (χ2n) is 15.0. The number of benzene rings is 2. The van der Waals surface area contributed by atoms with Crippen molar-refractivity contribution in [1.29, 1.82) is 0 Å². The molecule has 2 aromatic rings. The number of nitrogens with zero attached hydrogens (tertiary/aromatic N) is 2. The van der Waals surface area contributed by atoms with Crippen LogP contribution in [0.4, 0.5) is 0 Å². The van der Waals surface area contributed by atoms with Crippen LogP contribution in [0.5, 0.6) is 11.5 Å². The van der Waals surface area contributed by atoms with Crippen molar-refractivity contribution in [3.8, 4) is 11.5 Å². The maximum atomic E-state index is 14.0. The van der Waals surface area contributed by atoms with Crippen molar-refractivity contribution in [3.63, 3.8) is 0 Å². The first kappa shape index (κ1) is 46.0. The minimum atomic E-state index is -0.0333. The number of hydrogen-bond donors (Lipinski definition) is 0. The largest absolute Gasteiger partial charge is 0.494 e. The summed E-state index contributed by atoms with van der Waals surface area (Å²) >= 11 is 0. The van der Waals surface area contributed by atoms with E-state index in [1.54, 1.807) is 0 Å². The van der Waals surface area contributed by atoms with E-state index in [9.17, 15) is 9.59 Å². The first-order valence-corrected chi connectivity index (χ1v) is 20.6. The fourth-order valence-electron chi connectivity index (χ4n) is 7.64. The van der Waals surface area contributed by atoms with E-state index in [0.29, 0.717) is 0 Å². The number of halogens is 2. The van der Waals surface area contributed by atoms with Gasteiger partial charge < -0.3 is 19.3 Å². The molecule has 0 spiro atoms. The molecule has 8 heteroatoms. The first-order chi connectivity index (χ1) is 24.6. The third-order valence-corrected chi connectivity index (χ3v) is 10.8. The van der Waals surface area contributed by atoms with Crippen LogP contribution in [-0.4, -0.2) is 73.8 Å². The van der Waals surface area contributed by atoms with Crippen LogP contribution in [0.25, 0.3) is 0 Å². The van der Waals surface area contributed by atoms with E-state index >= 15 is 0 Å². The number of Topliss-reactive ketones (excluding diaryl/α,β-unsaturated/α-hetero) is 2. The monoisotopic (exact) mass is 760 g/mol. The summed E-state index contributed by atoms with van der Waals surface area (Å²) in [5.74, 6) is 2.12. The molecule has 0 N–H and O–H groups in total. The van der Waals surface area contributed by atoms with Crippen LogP contribution in [0.2, 0.25) is 0 Å². The molecule has 294 valence electrons. The van der Waals surface area contributed by atoms with Crippen LogP contribution in [0, 0.1) is 11.8 Å². The highest BCUT2D eigenvalue weighted by molar-refractivity contribution is 5.98. The van der Waals surface area contributed by atoms with Crippen molar-refractivity contribution in [2.24, 2.45) is 11.8 Å². The Balaban J connectivity index is 0.00000468. The number of ketones is 2. The summed E-state index contributed by atoms with van der Waals surface area (Å²) in [5.41, 5.74) is 1.58. The van der Waals surface area contributed by atoms with Crippen molar-refractivity contribution >= 4 is 36.4 Å². The Kier molecular flexibility index (Phi) is 24.3. The summed E-state index contributed by atoms with van der Waals surface area (Å²) in [6.07, 6.45) is 20.5. The van der Waals surface area contributed by atoms with Gasteiger partial charge in [0.25, 0.3) is 0 Å². The predicted octanol–water partition coefficient (Wildman–Crippen LogP) is 11.3. The zero-order valence-electron chi connectivity index (χ0n) is 32.5. The number of hydrogen-bond acceptors (Lipinski definition) is 6. The molecular weight excluding hydrogens is 691 g/mol. The summed E-state index contributed by atoms with van der Waals surface area (Å²) < 4.78 is 11.9. The summed E-state index contributed by atoms with van der Waals surface area (Å²) in [5, 5.41) is 0. The fourth-order valence-corrected chi connectivity index (χ4v) is 7.64. The number of rotatable bonds is 23. The Bertz CT molecular complexity index is 1110. The molecular formula is C44H70Cl2N2O4. The number of ether oxygens (including phenoxy) is 2. The second-order valence-corrected chi connectivity index (χ2v) is 15.0. The molecule has 4 rings (SSSR count). The topological polar surface area (TPSA) is 59.1 Å². The maximum Gasteiger partial charge on any atom is 0.167 e. The van der Waals surface area contributed by atoms with Gasteiger partial charge in [-0.3, -0.25) is 9.59 Å². The van der Waals surface area contributed by atoms with Crippen LogP contribution in [0.1, 0.15) is 150 Å². The van der Waals surface area contributed by atoms with Crippen molar-refractivity contribution in [2.45, 2.75) is 129 Å². The van der Waals surface area contributed by atoms with Crippen LogP contribution < -0.4 is 9.47 Å². The van der Waals surface area contributed by atoms with Gasteiger partial charge in [-0.25, -0.2) is 0 Å². The van der Waals surface area contributed by atoms with Gasteiger partial charge in [0.15, 0.2) is 11.6 Å². The fraction of sp³-hybridized carbons (Fsp3) is 0.682. The molecule has 0 bridgehead atoms. The Morgan fingerprint density at radius 2 is 0.865 bits per heavy atom. The lowest BCUT2D eigenvalue weighted by molar-refractivity contribution is 0.0848. The lowest BCUT2D eigenvalue weighted by atomic mass is 9.88. The summed E-state index contributed by atoms with van der Waals surface area (Å²) in [7, 11) is 0. The molecule has 0 aromatic heterocycles. The molecule has 0 aliphatic carbocycles. The third kappa shape index (κ3) is 16.9.